The van der Waals surface area contributed by atoms with Gasteiger partial charge in [0.15, 0.2) is 5.69 Å². The highest BCUT2D eigenvalue weighted by Crippen LogP contribution is 2.14. The molecule has 110 valence electrons. The molecule has 6 heteroatoms. The first-order valence-electron chi connectivity index (χ1n) is 6.84. The Hall–Kier alpha value is -1.69. The molecule has 0 unspecified atom stereocenters. The molecular weight excluding hydrogens is 258 g/mol. The Morgan fingerprint density at radius 3 is 2.55 bits per heavy atom. The van der Waals surface area contributed by atoms with Crippen LogP contribution in [0, 0.1) is 0 Å². The van der Waals surface area contributed by atoms with Gasteiger partial charge in [-0.15, -0.1) is 0 Å². The molecule has 0 saturated carbocycles. The third kappa shape index (κ3) is 4.45. The Labute approximate surface area is 118 Å². The predicted molar refractivity (Wildman–Crippen MR) is 74.7 cm³/mol. The van der Waals surface area contributed by atoms with Crippen LogP contribution in [-0.4, -0.2) is 40.8 Å². The number of anilines is 1. The highest BCUT2D eigenvalue weighted by molar-refractivity contribution is 5.87. The number of nitrogens with one attached hydrogen (secondary N) is 1. The number of hydrogen-bond acceptors (Lipinski definition) is 6. The van der Waals surface area contributed by atoms with E-state index in [0.29, 0.717) is 11.9 Å². The van der Waals surface area contributed by atoms with Gasteiger partial charge in [0, 0.05) is 19.3 Å². The van der Waals surface area contributed by atoms with Gasteiger partial charge in [0.2, 0.25) is 0 Å². The van der Waals surface area contributed by atoms with Crippen LogP contribution in [0.4, 0.5) is 5.82 Å². The molecule has 1 N–H and O–H groups in total. The van der Waals surface area contributed by atoms with Crippen LogP contribution in [0.3, 0.4) is 0 Å². The van der Waals surface area contributed by atoms with Crippen LogP contribution in [-0.2, 0) is 9.47 Å². The van der Waals surface area contributed by atoms with Gasteiger partial charge in [-0.2, -0.15) is 0 Å². The van der Waals surface area contributed by atoms with E-state index in [4.69, 9.17) is 9.47 Å². The molecule has 1 aromatic heterocycles. The van der Waals surface area contributed by atoms with Gasteiger partial charge in [-0.1, -0.05) is 0 Å². The van der Waals surface area contributed by atoms with Gasteiger partial charge in [0.25, 0.3) is 0 Å². The molecule has 1 aliphatic heterocycles. The number of aromatic nitrogens is 2. The van der Waals surface area contributed by atoms with Gasteiger partial charge in [0.1, 0.15) is 11.4 Å². The summed E-state index contributed by atoms with van der Waals surface area (Å²) in [5.74, 6) is 0.215. The Morgan fingerprint density at radius 2 is 2.00 bits per heavy atom. The molecule has 2 rings (SSSR count). The molecule has 1 aromatic rings. The molecule has 0 aromatic carbocycles. The number of rotatable bonds is 3. The molecular formula is C14H21N3O3. The summed E-state index contributed by atoms with van der Waals surface area (Å²) in [4.78, 5) is 20.1. The van der Waals surface area contributed by atoms with Crippen molar-refractivity contribution in [2.75, 3.05) is 18.5 Å². The fourth-order valence-corrected chi connectivity index (χ4v) is 1.89. The van der Waals surface area contributed by atoms with E-state index >= 15 is 0 Å². The number of carbonyl (C=O) groups is 1. The monoisotopic (exact) mass is 279 g/mol. The van der Waals surface area contributed by atoms with E-state index < -0.39 is 11.6 Å². The zero-order valence-corrected chi connectivity index (χ0v) is 12.2. The van der Waals surface area contributed by atoms with Gasteiger partial charge in [0.05, 0.1) is 12.4 Å². The molecule has 0 atom stereocenters. The van der Waals surface area contributed by atoms with Gasteiger partial charge < -0.3 is 14.8 Å². The van der Waals surface area contributed by atoms with Crippen molar-refractivity contribution in [1.29, 1.82) is 0 Å². The Bertz CT molecular complexity index is 448. The second-order valence-corrected chi connectivity index (χ2v) is 5.82. The van der Waals surface area contributed by atoms with Crippen LogP contribution in [0.25, 0.3) is 0 Å². The SMILES string of the molecule is CC(C)(C)OC(=O)c1cnc(NC2CCOCC2)cn1. The number of esters is 1. The number of hydrogen-bond donors (Lipinski definition) is 1. The Morgan fingerprint density at radius 1 is 1.30 bits per heavy atom. The zero-order chi connectivity index (χ0) is 14.6. The quantitative estimate of drug-likeness (QED) is 0.853. The summed E-state index contributed by atoms with van der Waals surface area (Å²) < 4.78 is 10.5. The zero-order valence-electron chi connectivity index (χ0n) is 12.2. The minimum atomic E-state index is -0.530. The van der Waals surface area contributed by atoms with Crippen LogP contribution in [0.1, 0.15) is 44.1 Å². The molecule has 1 aliphatic rings. The second-order valence-electron chi connectivity index (χ2n) is 5.82. The van der Waals surface area contributed by atoms with Crippen molar-refractivity contribution in [2.24, 2.45) is 0 Å². The first-order chi connectivity index (χ1) is 9.44. The van der Waals surface area contributed by atoms with E-state index in [9.17, 15) is 4.79 Å². The fraction of sp³-hybridized carbons (Fsp3) is 0.643. The Kier molecular flexibility index (Phi) is 4.54. The van der Waals surface area contributed by atoms with Crippen LogP contribution < -0.4 is 5.32 Å². The fourth-order valence-electron chi connectivity index (χ4n) is 1.89. The number of nitrogens with zero attached hydrogens (tertiary/aromatic N) is 2. The van der Waals surface area contributed by atoms with Gasteiger partial charge in [-0.25, -0.2) is 14.8 Å². The first kappa shape index (κ1) is 14.7. The lowest BCUT2D eigenvalue weighted by molar-refractivity contribution is 0.00624. The highest BCUT2D eigenvalue weighted by Gasteiger charge is 2.19. The molecule has 0 spiro atoms. The topological polar surface area (TPSA) is 73.3 Å². The largest absolute Gasteiger partial charge is 0.455 e. The third-order valence-electron chi connectivity index (χ3n) is 2.83. The summed E-state index contributed by atoms with van der Waals surface area (Å²) in [6.45, 7) is 6.99. The van der Waals surface area contributed by atoms with Crippen molar-refractivity contribution in [3.63, 3.8) is 0 Å². The van der Waals surface area contributed by atoms with E-state index in [1.54, 1.807) is 6.20 Å². The molecule has 1 saturated heterocycles. The minimum absolute atomic E-state index is 0.220. The van der Waals surface area contributed by atoms with E-state index in [1.807, 2.05) is 20.8 Å². The molecule has 20 heavy (non-hydrogen) atoms. The normalized spacial score (nSPS) is 16.8. The predicted octanol–water partition coefficient (Wildman–Crippen LogP) is 2.02. The van der Waals surface area contributed by atoms with Crippen molar-refractivity contribution in [1.82, 2.24) is 9.97 Å². The van der Waals surface area contributed by atoms with Crippen molar-refractivity contribution in [3.8, 4) is 0 Å². The smallest absolute Gasteiger partial charge is 0.359 e. The van der Waals surface area contributed by atoms with Gasteiger partial charge in [-0.05, 0) is 33.6 Å². The molecule has 0 radical (unpaired) electrons. The first-order valence-corrected chi connectivity index (χ1v) is 6.84. The van der Waals surface area contributed by atoms with Crippen molar-refractivity contribution >= 4 is 11.8 Å². The second kappa shape index (κ2) is 6.17. The highest BCUT2D eigenvalue weighted by atomic mass is 16.6. The van der Waals surface area contributed by atoms with E-state index in [-0.39, 0.29) is 5.69 Å². The lowest BCUT2D eigenvalue weighted by Gasteiger charge is -2.23. The van der Waals surface area contributed by atoms with Crippen molar-refractivity contribution < 1.29 is 14.3 Å². The average Bonchev–Trinajstić information content (AvgIpc) is 2.39. The molecule has 0 amide bonds. The number of ether oxygens (including phenoxy) is 2. The van der Waals surface area contributed by atoms with Crippen molar-refractivity contribution in [2.45, 2.75) is 45.3 Å². The lowest BCUT2D eigenvalue weighted by Crippen LogP contribution is -2.28. The van der Waals surface area contributed by atoms with E-state index in [0.717, 1.165) is 26.1 Å². The summed E-state index contributed by atoms with van der Waals surface area (Å²) in [5, 5.41) is 3.29. The van der Waals surface area contributed by atoms with Gasteiger partial charge >= 0.3 is 5.97 Å². The average molecular weight is 279 g/mol. The van der Waals surface area contributed by atoms with Crippen LogP contribution >= 0.6 is 0 Å². The molecule has 0 aliphatic carbocycles. The number of carbonyl (C=O) groups excluding carboxylic acids is 1. The molecule has 2 heterocycles. The molecule has 6 nitrogen and oxygen atoms in total. The Balaban J connectivity index is 1.93. The lowest BCUT2D eigenvalue weighted by atomic mass is 10.1. The molecule has 1 fully saturated rings. The minimum Gasteiger partial charge on any atom is -0.455 e. The summed E-state index contributed by atoms with van der Waals surface area (Å²) >= 11 is 0. The maximum Gasteiger partial charge on any atom is 0.359 e. The van der Waals surface area contributed by atoms with Gasteiger partial charge in [-0.3, -0.25) is 0 Å². The van der Waals surface area contributed by atoms with Crippen LogP contribution in [0.2, 0.25) is 0 Å². The maximum absolute atomic E-state index is 11.8. The maximum atomic E-state index is 11.8. The summed E-state index contributed by atoms with van der Waals surface area (Å²) in [6, 6.07) is 0.352. The third-order valence-corrected chi connectivity index (χ3v) is 2.83. The summed E-state index contributed by atoms with van der Waals surface area (Å²) in [7, 11) is 0. The standard InChI is InChI=1S/C14H21N3O3/c1-14(2,3)20-13(18)11-8-16-12(9-15-11)17-10-4-6-19-7-5-10/h8-10H,4-7H2,1-3H3,(H,16,17). The van der Waals surface area contributed by atoms with E-state index in [1.165, 1.54) is 6.20 Å². The summed E-state index contributed by atoms with van der Waals surface area (Å²) in [6.07, 6.45) is 4.91. The van der Waals surface area contributed by atoms with Crippen LogP contribution in [0.5, 0.6) is 0 Å². The van der Waals surface area contributed by atoms with Crippen molar-refractivity contribution in [3.05, 3.63) is 18.1 Å². The van der Waals surface area contributed by atoms with E-state index in [2.05, 4.69) is 15.3 Å². The summed E-state index contributed by atoms with van der Waals surface area (Å²) in [5.41, 5.74) is -0.310. The van der Waals surface area contributed by atoms with Crippen LogP contribution in [0.15, 0.2) is 12.4 Å². The molecule has 0 bridgehead atoms.